The van der Waals surface area contributed by atoms with Crippen LogP contribution in [0.1, 0.15) is 18.9 Å². The van der Waals surface area contributed by atoms with Crippen LogP contribution >= 0.6 is 15.9 Å². The zero-order valence-corrected chi connectivity index (χ0v) is 13.6. The van der Waals surface area contributed by atoms with Gasteiger partial charge in [-0.25, -0.2) is 0 Å². The first-order valence-corrected chi connectivity index (χ1v) is 7.60. The van der Waals surface area contributed by atoms with Crippen LogP contribution < -0.4 is 4.74 Å². The highest BCUT2D eigenvalue weighted by atomic mass is 79.9. The van der Waals surface area contributed by atoms with Crippen LogP contribution in [0.3, 0.4) is 0 Å². The van der Waals surface area contributed by atoms with Gasteiger partial charge in [0, 0.05) is 12.6 Å². The predicted molar refractivity (Wildman–Crippen MR) is 81.3 cm³/mol. The van der Waals surface area contributed by atoms with Gasteiger partial charge < -0.3 is 14.7 Å². The molecule has 5 nitrogen and oxygen atoms in total. The maximum absolute atomic E-state index is 12.2. The van der Waals surface area contributed by atoms with Crippen LogP contribution in [0, 0.1) is 12.8 Å². The maximum atomic E-state index is 12.2. The lowest BCUT2D eigenvalue weighted by atomic mass is 10.0. The predicted octanol–water partition coefficient (Wildman–Crippen LogP) is 2.46. The largest absolute Gasteiger partial charge is 0.483 e. The Morgan fingerprint density at radius 3 is 2.76 bits per heavy atom. The van der Waals surface area contributed by atoms with E-state index in [-0.39, 0.29) is 18.6 Å². The van der Waals surface area contributed by atoms with E-state index in [9.17, 15) is 9.59 Å². The number of carbonyl (C=O) groups is 2. The van der Waals surface area contributed by atoms with Gasteiger partial charge in [0.1, 0.15) is 5.75 Å². The molecule has 2 atom stereocenters. The van der Waals surface area contributed by atoms with Gasteiger partial charge in [0.15, 0.2) is 6.61 Å². The van der Waals surface area contributed by atoms with E-state index in [0.717, 1.165) is 10.0 Å². The number of nitrogens with zero attached hydrogens (tertiary/aromatic N) is 1. The number of aliphatic carboxylic acids is 1. The third-order valence-electron chi connectivity index (χ3n) is 3.83. The quantitative estimate of drug-likeness (QED) is 0.900. The number of benzene rings is 1. The second-order valence-corrected chi connectivity index (χ2v) is 6.14. The number of carboxylic acids is 1. The first-order chi connectivity index (χ1) is 9.90. The first-order valence-electron chi connectivity index (χ1n) is 6.81. The second kappa shape index (κ2) is 6.47. The molecular formula is C15H18BrNO4. The molecule has 21 heavy (non-hydrogen) atoms. The maximum Gasteiger partial charge on any atom is 0.308 e. The van der Waals surface area contributed by atoms with Crippen LogP contribution in [-0.4, -0.2) is 41.1 Å². The molecule has 0 aromatic heterocycles. The summed E-state index contributed by atoms with van der Waals surface area (Å²) in [5.41, 5.74) is 1.10. The second-order valence-electron chi connectivity index (χ2n) is 5.28. The SMILES string of the molecule is Cc1ccc(OCC(=O)N2CCC(C(=O)O)C2C)c(Br)c1. The van der Waals surface area contributed by atoms with E-state index in [2.05, 4.69) is 15.9 Å². The molecule has 0 radical (unpaired) electrons. The summed E-state index contributed by atoms with van der Waals surface area (Å²) in [6.45, 7) is 4.12. The van der Waals surface area contributed by atoms with Crippen LogP contribution in [0.25, 0.3) is 0 Å². The summed E-state index contributed by atoms with van der Waals surface area (Å²) in [6.07, 6.45) is 0.496. The Labute approximate surface area is 132 Å². The molecule has 1 aromatic carbocycles. The molecule has 2 rings (SSSR count). The van der Waals surface area contributed by atoms with Gasteiger partial charge in [0.05, 0.1) is 10.4 Å². The van der Waals surface area contributed by atoms with Crippen LogP contribution in [0.15, 0.2) is 22.7 Å². The molecule has 1 N–H and O–H groups in total. The van der Waals surface area contributed by atoms with E-state index in [1.807, 2.05) is 19.1 Å². The van der Waals surface area contributed by atoms with Crippen molar-refractivity contribution < 1.29 is 19.4 Å². The molecule has 2 unspecified atom stereocenters. The standard InChI is InChI=1S/C15H18BrNO4/c1-9-3-4-13(12(16)7-9)21-8-14(18)17-6-5-11(10(17)2)15(19)20/h3-4,7,10-11H,5-6,8H2,1-2H3,(H,19,20). The fourth-order valence-electron chi connectivity index (χ4n) is 2.57. The number of carbonyl (C=O) groups excluding carboxylic acids is 1. The van der Waals surface area contributed by atoms with Gasteiger partial charge in [0.25, 0.3) is 5.91 Å². The molecule has 0 aliphatic carbocycles. The number of amides is 1. The molecule has 1 heterocycles. The van der Waals surface area contributed by atoms with Gasteiger partial charge in [-0.1, -0.05) is 6.07 Å². The number of hydrogen-bond donors (Lipinski definition) is 1. The molecule has 1 fully saturated rings. The highest BCUT2D eigenvalue weighted by Crippen LogP contribution is 2.27. The minimum Gasteiger partial charge on any atom is -0.483 e. The van der Waals surface area contributed by atoms with Gasteiger partial charge in [-0.15, -0.1) is 0 Å². The number of ether oxygens (including phenoxy) is 1. The lowest BCUT2D eigenvalue weighted by Gasteiger charge is -2.23. The van der Waals surface area contributed by atoms with Gasteiger partial charge in [-0.05, 0) is 53.9 Å². The molecular weight excluding hydrogens is 338 g/mol. The summed E-state index contributed by atoms with van der Waals surface area (Å²) in [7, 11) is 0. The van der Waals surface area contributed by atoms with E-state index >= 15 is 0 Å². The lowest BCUT2D eigenvalue weighted by molar-refractivity contribution is -0.143. The average molecular weight is 356 g/mol. The van der Waals surface area contributed by atoms with E-state index in [4.69, 9.17) is 9.84 Å². The van der Waals surface area contributed by atoms with Crippen molar-refractivity contribution in [1.82, 2.24) is 4.90 Å². The average Bonchev–Trinajstić information content (AvgIpc) is 2.79. The van der Waals surface area contributed by atoms with Crippen molar-refractivity contribution in [2.45, 2.75) is 26.3 Å². The molecule has 1 amide bonds. The molecule has 0 spiro atoms. The molecule has 1 aliphatic heterocycles. The summed E-state index contributed by atoms with van der Waals surface area (Å²) in [4.78, 5) is 24.8. The number of carboxylic acid groups (broad SMARTS) is 1. The van der Waals surface area contributed by atoms with Crippen molar-refractivity contribution in [1.29, 1.82) is 0 Å². The van der Waals surface area contributed by atoms with Crippen LogP contribution in [-0.2, 0) is 9.59 Å². The van der Waals surface area contributed by atoms with Crippen molar-refractivity contribution in [2.75, 3.05) is 13.2 Å². The monoisotopic (exact) mass is 355 g/mol. The Morgan fingerprint density at radius 2 is 2.19 bits per heavy atom. The van der Waals surface area contributed by atoms with Crippen molar-refractivity contribution >= 4 is 27.8 Å². The molecule has 1 aliphatic rings. The lowest BCUT2D eigenvalue weighted by Crippen LogP contribution is -2.40. The molecule has 0 saturated carbocycles. The topological polar surface area (TPSA) is 66.8 Å². The highest BCUT2D eigenvalue weighted by Gasteiger charge is 2.38. The van der Waals surface area contributed by atoms with E-state index in [0.29, 0.717) is 18.7 Å². The van der Waals surface area contributed by atoms with E-state index in [1.165, 1.54) is 0 Å². The summed E-state index contributed by atoms with van der Waals surface area (Å²) in [5.74, 6) is -0.908. The third kappa shape index (κ3) is 3.56. The Morgan fingerprint density at radius 1 is 1.48 bits per heavy atom. The Hall–Kier alpha value is -1.56. The van der Waals surface area contributed by atoms with E-state index in [1.54, 1.807) is 17.9 Å². The summed E-state index contributed by atoms with van der Waals surface area (Å²) >= 11 is 3.39. The zero-order valence-electron chi connectivity index (χ0n) is 12.0. The zero-order chi connectivity index (χ0) is 15.6. The summed E-state index contributed by atoms with van der Waals surface area (Å²) < 4.78 is 6.32. The number of rotatable bonds is 4. The van der Waals surface area contributed by atoms with E-state index < -0.39 is 11.9 Å². The number of aryl methyl sites for hydroxylation is 1. The highest BCUT2D eigenvalue weighted by molar-refractivity contribution is 9.10. The minimum absolute atomic E-state index is 0.0850. The molecule has 0 bridgehead atoms. The fraction of sp³-hybridized carbons (Fsp3) is 0.467. The Balaban J connectivity index is 1.95. The number of hydrogen-bond acceptors (Lipinski definition) is 3. The van der Waals surface area contributed by atoms with Crippen molar-refractivity contribution in [3.05, 3.63) is 28.2 Å². The van der Waals surface area contributed by atoms with Crippen LogP contribution in [0.2, 0.25) is 0 Å². The van der Waals surface area contributed by atoms with Crippen molar-refractivity contribution in [3.63, 3.8) is 0 Å². The van der Waals surface area contributed by atoms with Crippen LogP contribution in [0.4, 0.5) is 0 Å². The Bertz CT molecular complexity index is 561. The molecule has 1 saturated heterocycles. The van der Waals surface area contributed by atoms with Crippen molar-refractivity contribution in [3.8, 4) is 5.75 Å². The molecule has 114 valence electrons. The smallest absolute Gasteiger partial charge is 0.308 e. The third-order valence-corrected chi connectivity index (χ3v) is 4.45. The van der Waals surface area contributed by atoms with Gasteiger partial charge in [-0.3, -0.25) is 9.59 Å². The fourth-order valence-corrected chi connectivity index (χ4v) is 3.17. The summed E-state index contributed by atoms with van der Waals surface area (Å²) in [5, 5.41) is 9.08. The van der Waals surface area contributed by atoms with Crippen molar-refractivity contribution in [2.24, 2.45) is 5.92 Å². The normalized spacial score (nSPS) is 21.4. The number of likely N-dealkylation sites (tertiary alicyclic amines) is 1. The molecule has 1 aromatic rings. The van der Waals surface area contributed by atoms with Gasteiger partial charge >= 0.3 is 5.97 Å². The molecule has 6 heteroatoms. The van der Waals surface area contributed by atoms with Gasteiger partial charge in [0.2, 0.25) is 0 Å². The Kier molecular flexibility index (Phi) is 4.88. The first kappa shape index (κ1) is 15.8. The number of halogens is 1. The van der Waals surface area contributed by atoms with Gasteiger partial charge in [-0.2, -0.15) is 0 Å². The van der Waals surface area contributed by atoms with Crippen LogP contribution in [0.5, 0.6) is 5.75 Å². The summed E-state index contributed by atoms with van der Waals surface area (Å²) in [6, 6.07) is 5.34. The minimum atomic E-state index is -0.847.